The van der Waals surface area contributed by atoms with Crippen molar-refractivity contribution in [2.75, 3.05) is 19.6 Å². The van der Waals surface area contributed by atoms with Crippen LogP contribution in [0, 0.1) is 5.92 Å². The Morgan fingerprint density at radius 3 is 1.65 bits per heavy atom. The molecule has 1 aliphatic rings. The van der Waals surface area contributed by atoms with Crippen molar-refractivity contribution in [3.05, 3.63) is 71.8 Å². The molecule has 0 aliphatic heterocycles. The molecule has 0 unspecified atom stereocenters. The van der Waals surface area contributed by atoms with Crippen LogP contribution in [0.15, 0.2) is 60.7 Å². The smallest absolute Gasteiger partial charge is 0.000966 e. The van der Waals surface area contributed by atoms with Crippen molar-refractivity contribution >= 4 is 0 Å². The number of benzene rings is 2. The van der Waals surface area contributed by atoms with E-state index in [1.54, 1.807) is 0 Å². The van der Waals surface area contributed by atoms with Gasteiger partial charge in [-0.3, -0.25) is 0 Å². The third kappa shape index (κ3) is 6.96. The minimum absolute atomic E-state index is 0.942. The summed E-state index contributed by atoms with van der Waals surface area (Å²) in [6.45, 7) is 3.82. The zero-order valence-electron chi connectivity index (χ0n) is 16.3. The molecule has 0 aromatic heterocycles. The molecule has 26 heavy (non-hydrogen) atoms. The molecule has 1 aliphatic carbocycles. The van der Waals surface area contributed by atoms with Crippen LogP contribution in [0.5, 0.6) is 0 Å². The quantitative estimate of drug-likeness (QED) is 0.498. The fourth-order valence-electron chi connectivity index (χ4n) is 4.33. The van der Waals surface area contributed by atoms with Crippen molar-refractivity contribution < 1.29 is 0 Å². The summed E-state index contributed by atoms with van der Waals surface area (Å²) in [5.74, 6) is 0.942. The standard InChI is InChI=1S/C25H35N/c1-4-12-23(13-5-1)18-10-20-26(22-25-16-8-3-9-17-25)21-11-19-24-14-6-2-7-15-24/h1-2,4-7,12-15,25H,3,8-11,16-22H2. The molecule has 0 bridgehead atoms. The second kappa shape index (κ2) is 11.2. The van der Waals surface area contributed by atoms with Crippen LogP contribution in [0.2, 0.25) is 0 Å². The SMILES string of the molecule is c1ccc(CCCN(CCCc2ccccc2)CC2CCCCC2)cc1. The molecule has 1 fully saturated rings. The van der Waals surface area contributed by atoms with Crippen LogP contribution in [0.4, 0.5) is 0 Å². The van der Waals surface area contributed by atoms with Crippen LogP contribution < -0.4 is 0 Å². The number of nitrogens with zero attached hydrogens (tertiary/aromatic N) is 1. The fraction of sp³-hybridized carbons (Fsp3) is 0.520. The first-order chi connectivity index (χ1) is 12.9. The highest BCUT2D eigenvalue weighted by Crippen LogP contribution is 2.24. The molecule has 0 radical (unpaired) electrons. The van der Waals surface area contributed by atoms with E-state index in [0.717, 1.165) is 5.92 Å². The highest BCUT2D eigenvalue weighted by atomic mass is 15.1. The lowest BCUT2D eigenvalue weighted by atomic mass is 9.89. The zero-order chi connectivity index (χ0) is 17.9. The predicted molar refractivity (Wildman–Crippen MR) is 113 cm³/mol. The number of hydrogen-bond acceptors (Lipinski definition) is 1. The Kier molecular flexibility index (Phi) is 8.25. The minimum atomic E-state index is 0.942. The van der Waals surface area contributed by atoms with E-state index in [1.165, 1.54) is 88.5 Å². The van der Waals surface area contributed by atoms with Gasteiger partial charge in [-0.2, -0.15) is 0 Å². The highest BCUT2D eigenvalue weighted by Gasteiger charge is 2.17. The van der Waals surface area contributed by atoms with Crippen molar-refractivity contribution in [2.45, 2.75) is 57.8 Å². The molecular formula is C25H35N. The lowest BCUT2D eigenvalue weighted by Gasteiger charge is -2.30. The topological polar surface area (TPSA) is 3.24 Å². The zero-order valence-corrected chi connectivity index (χ0v) is 16.3. The van der Waals surface area contributed by atoms with Gasteiger partial charge in [0.1, 0.15) is 0 Å². The van der Waals surface area contributed by atoms with E-state index in [0.29, 0.717) is 0 Å². The average Bonchev–Trinajstić information content (AvgIpc) is 2.70. The second-order valence-electron chi connectivity index (χ2n) is 7.98. The van der Waals surface area contributed by atoms with Crippen molar-refractivity contribution in [1.29, 1.82) is 0 Å². The Morgan fingerprint density at radius 1 is 0.654 bits per heavy atom. The summed E-state index contributed by atoms with van der Waals surface area (Å²) < 4.78 is 0. The van der Waals surface area contributed by atoms with Gasteiger partial charge in [0.25, 0.3) is 0 Å². The van der Waals surface area contributed by atoms with Gasteiger partial charge in [-0.25, -0.2) is 0 Å². The van der Waals surface area contributed by atoms with Gasteiger partial charge < -0.3 is 4.90 Å². The third-order valence-electron chi connectivity index (χ3n) is 5.81. The first kappa shape index (κ1) is 19.2. The molecule has 0 heterocycles. The molecule has 0 N–H and O–H groups in total. The fourth-order valence-corrected chi connectivity index (χ4v) is 4.33. The van der Waals surface area contributed by atoms with Crippen LogP contribution in [0.3, 0.4) is 0 Å². The molecule has 1 heteroatoms. The van der Waals surface area contributed by atoms with Crippen molar-refractivity contribution in [3.63, 3.8) is 0 Å². The molecule has 0 spiro atoms. The Hall–Kier alpha value is -1.60. The maximum atomic E-state index is 2.77. The summed E-state index contributed by atoms with van der Waals surface area (Å²) in [6.07, 6.45) is 12.2. The summed E-state index contributed by atoms with van der Waals surface area (Å²) in [7, 11) is 0. The largest absolute Gasteiger partial charge is 0.303 e. The molecule has 1 nitrogen and oxygen atoms in total. The van der Waals surface area contributed by atoms with E-state index in [4.69, 9.17) is 0 Å². The van der Waals surface area contributed by atoms with Crippen LogP contribution in [-0.2, 0) is 12.8 Å². The molecule has 0 atom stereocenters. The van der Waals surface area contributed by atoms with Crippen molar-refractivity contribution in [3.8, 4) is 0 Å². The number of aryl methyl sites for hydroxylation is 2. The second-order valence-corrected chi connectivity index (χ2v) is 7.98. The lowest BCUT2D eigenvalue weighted by Crippen LogP contribution is -2.33. The van der Waals surface area contributed by atoms with Crippen LogP contribution in [0.1, 0.15) is 56.1 Å². The molecule has 2 aromatic rings. The van der Waals surface area contributed by atoms with Gasteiger partial charge in [0, 0.05) is 6.54 Å². The summed E-state index contributed by atoms with van der Waals surface area (Å²) in [5.41, 5.74) is 2.96. The molecule has 0 amide bonds. The normalized spacial score (nSPS) is 15.4. The maximum absolute atomic E-state index is 2.77. The van der Waals surface area contributed by atoms with E-state index in [1.807, 2.05) is 0 Å². The monoisotopic (exact) mass is 349 g/mol. The molecular weight excluding hydrogens is 314 g/mol. The summed E-state index contributed by atoms with van der Waals surface area (Å²) in [5, 5.41) is 0. The van der Waals surface area contributed by atoms with E-state index in [-0.39, 0.29) is 0 Å². The van der Waals surface area contributed by atoms with E-state index < -0.39 is 0 Å². The van der Waals surface area contributed by atoms with Crippen molar-refractivity contribution in [2.24, 2.45) is 5.92 Å². The number of rotatable bonds is 10. The van der Waals surface area contributed by atoms with Gasteiger partial charge >= 0.3 is 0 Å². The summed E-state index contributed by atoms with van der Waals surface area (Å²) >= 11 is 0. The van der Waals surface area contributed by atoms with E-state index in [9.17, 15) is 0 Å². The Labute approximate surface area is 160 Å². The molecule has 0 saturated heterocycles. The Balaban J connectivity index is 1.45. The van der Waals surface area contributed by atoms with Gasteiger partial charge in [0.15, 0.2) is 0 Å². The minimum Gasteiger partial charge on any atom is -0.303 e. The van der Waals surface area contributed by atoms with Gasteiger partial charge in [-0.15, -0.1) is 0 Å². The van der Waals surface area contributed by atoms with Gasteiger partial charge in [0.2, 0.25) is 0 Å². The summed E-state index contributed by atoms with van der Waals surface area (Å²) in [6, 6.07) is 21.9. The molecule has 1 saturated carbocycles. The molecule has 140 valence electrons. The van der Waals surface area contributed by atoms with Crippen LogP contribution in [0.25, 0.3) is 0 Å². The van der Waals surface area contributed by atoms with Gasteiger partial charge in [-0.1, -0.05) is 79.9 Å². The highest BCUT2D eigenvalue weighted by molar-refractivity contribution is 5.15. The molecule has 3 rings (SSSR count). The maximum Gasteiger partial charge on any atom is 0.000966 e. The van der Waals surface area contributed by atoms with Crippen LogP contribution in [-0.4, -0.2) is 24.5 Å². The Bertz CT molecular complexity index is 541. The van der Waals surface area contributed by atoms with Gasteiger partial charge in [-0.05, 0) is 68.7 Å². The van der Waals surface area contributed by atoms with E-state index >= 15 is 0 Å². The third-order valence-corrected chi connectivity index (χ3v) is 5.81. The lowest BCUT2D eigenvalue weighted by molar-refractivity contribution is 0.197. The van der Waals surface area contributed by atoms with Gasteiger partial charge in [0.05, 0.1) is 0 Å². The van der Waals surface area contributed by atoms with Crippen molar-refractivity contribution in [1.82, 2.24) is 4.90 Å². The predicted octanol–water partition coefficient (Wildman–Crippen LogP) is 6.13. The molecule has 2 aromatic carbocycles. The first-order valence-electron chi connectivity index (χ1n) is 10.7. The number of hydrogen-bond donors (Lipinski definition) is 0. The average molecular weight is 350 g/mol. The first-order valence-corrected chi connectivity index (χ1v) is 10.7. The summed E-state index contributed by atoms with van der Waals surface area (Å²) in [4.78, 5) is 2.77. The Morgan fingerprint density at radius 2 is 1.15 bits per heavy atom. The van der Waals surface area contributed by atoms with Crippen LogP contribution >= 0.6 is 0 Å². The van der Waals surface area contributed by atoms with E-state index in [2.05, 4.69) is 65.6 Å².